The minimum atomic E-state index is -0.468. The molecule has 0 spiro atoms. The lowest BCUT2D eigenvalue weighted by molar-refractivity contribution is 0.0732. The fourth-order valence-electron chi connectivity index (χ4n) is 3.32. The summed E-state index contributed by atoms with van der Waals surface area (Å²) in [6, 6.07) is 18.5. The van der Waals surface area contributed by atoms with Crippen molar-refractivity contribution < 1.29 is 9.18 Å². The summed E-state index contributed by atoms with van der Waals surface area (Å²) in [6.07, 6.45) is 3.90. The van der Waals surface area contributed by atoms with E-state index in [9.17, 15) is 9.18 Å². The van der Waals surface area contributed by atoms with E-state index in [1.807, 2.05) is 30.5 Å². The van der Waals surface area contributed by atoms with Gasteiger partial charge in [0.25, 0.3) is 5.91 Å². The number of aryl methyl sites for hydroxylation is 1. The standard InChI is InChI=1S/C24H27FN2O/c1-3-4-15-27(24(28)22-13-7-8-14-23(22)25)18-21-12-9-16-26(21)17-20-11-6-5-10-19(20)2/h5-14,16H,3-4,15,17-18H2,1-2H3. The molecule has 0 radical (unpaired) electrons. The molecule has 3 aromatic rings. The normalized spacial score (nSPS) is 10.8. The first-order valence-electron chi connectivity index (χ1n) is 9.82. The average Bonchev–Trinajstić information content (AvgIpc) is 3.13. The van der Waals surface area contributed by atoms with Crippen molar-refractivity contribution in [3.8, 4) is 0 Å². The molecule has 0 saturated heterocycles. The number of unbranched alkanes of at least 4 members (excludes halogenated alkanes) is 1. The molecule has 3 rings (SSSR count). The molecule has 146 valence electrons. The van der Waals surface area contributed by atoms with Crippen LogP contribution in [0.3, 0.4) is 0 Å². The predicted molar refractivity (Wildman–Crippen MR) is 111 cm³/mol. The van der Waals surface area contributed by atoms with Gasteiger partial charge in [-0.2, -0.15) is 0 Å². The molecule has 2 aromatic carbocycles. The summed E-state index contributed by atoms with van der Waals surface area (Å²) in [5.74, 6) is -0.723. The first-order chi connectivity index (χ1) is 13.6. The number of nitrogens with zero attached hydrogens (tertiary/aromatic N) is 2. The maximum Gasteiger partial charge on any atom is 0.257 e. The Morgan fingerprint density at radius 3 is 2.54 bits per heavy atom. The molecule has 28 heavy (non-hydrogen) atoms. The number of carbonyl (C=O) groups excluding carboxylic acids is 1. The highest BCUT2D eigenvalue weighted by molar-refractivity contribution is 5.94. The SMILES string of the molecule is CCCCN(Cc1cccn1Cc1ccccc1C)C(=O)c1ccccc1F. The van der Waals surface area contributed by atoms with Crippen LogP contribution in [0.4, 0.5) is 4.39 Å². The Balaban J connectivity index is 1.82. The fourth-order valence-corrected chi connectivity index (χ4v) is 3.32. The summed E-state index contributed by atoms with van der Waals surface area (Å²) >= 11 is 0. The van der Waals surface area contributed by atoms with E-state index in [1.54, 1.807) is 23.1 Å². The van der Waals surface area contributed by atoms with Crippen molar-refractivity contribution in [2.45, 2.75) is 39.8 Å². The molecule has 0 bridgehead atoms. The summed E-state index contributed by atoms with van der Waals surface area (Å²) in [7, 11) is 0. The van der Waals surface area contributed by atoms with Gasteiger partial charge in [0.1, 0.15) is 5.82 Å². The van der Waals surface area contributed by atoms with E-state index < -0.39 is 5.82 Å². The summed E-state index contributed by atoms with van der Waals surface area (Å²) in [5, 5.41) is 0. The molecule has 1 heterocycles. The molecule has 0 fully saturated rings. The number of rotatable bonds is 8. The highest BCUT2D eigenvalue weighted by Gasteiger charge is 2.20. The summed E-state index contributed by atoms with van der Waals surface area (Å²) < 4.78 is 16.3. The Morgan fingerprint density at radius 1 is 1.04 bits per heavy atom. The summed E-state index contributed by atoms with van der Waals surface area (Å²) in [6.45, 7) is 6.02. The molecule has 0 atom stereocenters. The molecular formula is C24H27FN2O. The van der Waals surface area contributed by atoms with Crippen molar-refractivity contribution in [3.05, 3.63) is 95.1 Å². The molecule has 0 saturated carbocycles. The average molecular weight is 378 g/mol. The van der Waals surface area contributed by atoms with Gasteiger partial charge >= 0.3 is 0 Å². The number of aromatic nitrogens is 1. The monoisotopic (exact) mass is 378 g/mol. The van der Waals surface area contributed by atoms with Gasteiger partial charge in [0, 0.05) is 25.0 Å². The maximum absolute atomic E-state index is 14.2. The molecule has 0 aliphatic heterocycles. The van der Waals surface area contributed by atoms with Crippen LogP contribution in [0, 0.1) is 12.7 Å². The van der Waals surface area contributed by atoms with Crippen molar-refractivity contribution in [3.63, 3.8) is 0 Å². The quantitative estimate of drug-likeness (QED) is 0.513. The van der Waals surface area contributed by atoms with Gasteiger partial charge in [-0.05, 0) is 48.7 Å². The van der Waals surface area contributed by atoms with Gasteiger partial charge in [0.05, 0.1) is 12.1 Å². The predicted octanol–water partition coefficient (Wildman–Crippen LogP) is 5.43. The van der Waals surface area contributed by atoms with Gasteiger partial charge in [-0.3, -0.25) is 4.79 Å². The zero-order chi connectivity index (χ0) is 19.9. The Kier molecular flexibility index (Phi) is 6.64. The zero-order valence-electron chi connectivity index (χ0n) is 16.6. The van der Waals surface area contributed by atoms with Gasteiger partial charge in [0.2, 0.25) is 0 Å². The van der Waals surface area contributed by atoms with Crippen LogP contribution in [0.1, 0.15) is 46.9 Å². The lowest BCUT2D eigenvalue weighted by Crippen LogP contribution is -2.33. The van der Waals surface area contributed by atoms with E-state index in [4.69, 9.17) is 0 Å². The zero-order valence-corrected chi connectivity index (χ0v) is 16.6. The first kappa shape index (κ1) is 19.9. The van der Waals surface area contributed by atoms with Crippen LogP contribution in [-0.4, -0.2) is 21.9 Å². The maximum atomic E-state index is 14.2. The largest absolute Gasteiger partial charge is 0.345 e. The molecule has 1 amide bonds. The second kappa shape index (κ2) is 9.36. The Bertz CT molecular complexity index is 932. The third-order valence-corrected chi connectivity index (χ3v) is 5.05. The Morgan fingerprint density at radius 2 is 1.79 bits per heavy atom. The Labute approximate surface area is 166 Å². The Hall–Kier alpha value is -2.88. The van der Waals surface area contributed by atoms with Gasteiger partial charge in [-0.25, -0.2) is 4.39 Å². The van der Waals surface area contributed by atoms with Crippen molar-refractivity contribution in [1.82, 2.24) is 9.47 Å². The van der Waals surface area contributed by atoms with E-state index in [0.717, 1.165) is 25.1 Å². The van der Waals surface area contributed by atoms with Crippen LogP contribution >= 0.6 is 0 Å². The minimum Gasteiger partial charge on any atom is -0.345 e. The van der Waals surface area contributed by atoms with Crippen molar-refractivity contribution in [2.75, 3.05) is 6.54 Å². The topological polar surface area (TPSA) is 25.2 Å². The third kappa shape index (κ3) is 4.69. The molecule has 0 N–H and O–H groups in total. The number of hydrogen-bond donors (Lipinski definition) is 0. The van der Waals surface area contributed by atoms with Crippen LogP contribution in [0.2, 0.25) is 0 Å². The van der Waals surface area contributed by atoms with Crippen LogP contribution in [0.25, 0.3) is 0 Å². The lowest BCUT2D eigenvalue weighted by atomic mass is 10.1. The van der Waals surface area contributed by atoms with Crippen LogP contribution in [0.5, 0.6) is 0 Å². The first-order valence-corrected chi connectivity index (χ1v) is 9.82. The number of amides is 1. The molecule has 0 aliphatic rings. The number of carbonyl (C=O) groups is 1. The molecule has 4 heteroatoms. The summed E-state index contributed by atoms with van der Waals surface area (Å²) in [4.78, 5) is 14.8. The van der Waals surface area contributed by atoms with Gasteiger partial charge in [0.15, 0.2) is 0 Å². The highest BCUT2D eigenvalue weighted by atomic mass is 19.1. The number of halogens is 1. The van der Waals surface area contributed by atoms with Crippen molar-refractivity contribution in [2.24, 2.45) is 0 Å². The second-order valence-corrected chi connectivity index (χ2v) is 7.11. The van der Waals surface area contributed by atoms with Crippen LogP contribution < -0.4 is 0 Å². The van der Waals surface area contributed by atoms with E-state index in [1.165, 1.54) is 17.2 Å². The molecule has 0 aliphatic carbocycles. The van der Waals surface area contributed by atoms with E-state index >= 15 is 0 Å². The van der Waals surface area contributed by atoms with E-state index in [2.05, 4.69) is 30.5 Å². The molecule has 1 aromatic heterocycles. The van der Waals surface area contributed by atoms with Gasteiger partial charge in [-0.15, -0.1) is 0 Å². The molecular weight excluding hydrogens is 351 g/mol. The van der Waals surface area contributed by atoms with Crippen molar-refractivity contribution in [1.29, 1.82) is 0 Å². The minimum absolute atomic E-state index is 0.135. The van der Waals surface area contributed by atoms with Crippen molar-refractivity contribution >= 4 is 5.91 Å². The fraction of sp³-hybridized carbons (Fsp3) is 0.292. The van der Waals surface area contributed by atoms with Gasteiger partial charge < -0.3 is 9.47 Å². The second-order valence-electron chi connectivity index (χ2n) is 7.11. The lowest BCUT2D eigenvalue weighted by Gasteiger charge is -2.24. The summed E-state index contributed by atoms with van der Waals surface area (Å²) in [5.41, 5.74) is 3.67. The van der Waals surface area contributed by atoms with Gasteiger partial charge in [-0.1, -0.05) is 49.7 Å². The van der Waals surface area contributed by atoms with Crippen LogP contribution in [-0.2, 0) is 13.1 Å². The molecule has 3 nitrogen and oxygen atoms in total. The van der Waals surface area contributed by atoms with Crippen LogP contribution in [0.15, 0.2) is 66.9 Å². The van der Waals surface area contributed by atoms with E-state index in [-0.39, 0.29) is 11.5 Å². The van der Waals surface area contributed by atoms with E-state index in [0.29, 0.717) is 13.1 Å². The molecule has 0 unspecified atom stereocenters. The highest BCUT2D eigenvalue weighted by Crippen LogP contribution is 2.17. The number of benzene rings is 2. The number of hydrogen-bond acceptors (Lipinski definition) is 1. The smallest absolute Gasteiger partial charge is 0.257 e. The third-order valence-electron chi connectivity index (χ3n) is 5.05.